The van der Waals surface area contributed by atoms with Gasteiger partial charge in [0.25, 0.3) is 0 Å². The van der Waals surface area contributed by atoms with Crippen LogP contribution in [0.5, 0.6) is 0 Å². The summed E-state index contributed by atoms with van der Waals surface area (Å²) in [6.07, 6.45) is 5.15. The number of halogens is 1. The first-order valence-electron chi connectivity index (χ1n) is 5.23. The Morgan fingerprint density at radius 3 is 2.75 bits per heavy atom. The van der Waals surface area contributed by atoms with E-state index in [1.165, 1.54) is 0 Å². The van der Waals surface area contributed by atoms with E-state index in [-0.39, 0.29) is 5.92 Å². The van der Waals surface area contributed by atoms with Gasteiger partial charge in [0.05, 0.1) is 10.3 Å². The Kier molecular flexibility index (Phi) is 3.38. The number of aromatic nitrogens is 2. The van der Waals surface area contributed by atoms with Crippen molar-refractivity contribution in [2.45, 2.75) is 12.8 Å². The van der Waals surface area contributed by atoms with Crippen molar-refractivity contribution in [3.63, 3.8) is 0 Å². The average molecular weight is 284 g/mol. The summed E-state index contributed by atoms with van der Waals surface area (Å²) >= 11 is 3.44. The van der Waals surface area contributed by atoms with E-state index in [4.69, 9.17) is 11.1 Å². The molecule has 6 heteroatoms. The molecule has 5 nitrogen and oxygen atoms in total. The standard InChI is InChI=1S/C10H14BrN5/c11-8-5-14-6-15-10(8)16-3-1-7(2-4-16)9(12)13/h5-7H,1-4H2,(H3,12,13). The molecule has 0 unspecified atom stereocenters. The summed E-state index contributed by atoms with van der Waals surface area (Å²) in [5.74, 6) is 1.47. The van der Waals surface area contributed by atoms with Crippen molar-refractivity contribution in [2.75, 3.05) is 18.0 Å². The third-order valence-corrected chi connectivity index (χ3v) is 3.44. The van der Waals surface area contributed by atoms with Gasteiger partial charge in [-0.1, -0.05) is 0 Å². The van der Waals surface area contributed by atoms with Gasteiger partial charge in [-0.15, -0.1) is 0 Å². The summed E-state index contributed by atoms with van der Waals surface area (Å²) in [7, 11) is 0. The molecule has 86 valence electrons. The fourth-order valence-corrected chi connectivity index (χ4v) is 2.41. The van der Waals surface area contributed by atoms with Gasteiger partial charge in [-0.05, 0) is 28.8 Å². The third kappa shape index (κ3) is 2.32. The van der Waals surface area contributed by atoms with Crippen molar-refractivity contribution >= 4 is 27.6 Å². The zero-order valence-electron chi connectivity index (χ0n) is 8.86. The van der Waals surface area contributed by atoms with Gasteiger partial charge in [-0.2, -0.15) is 0 Å². The Balaban J connectivity index is 2.05. The van der Waals surface area contributed by atoms with Crippen molar-refractivity contribution < 1.29 is 0 Å². The van der Waals surface area contributed by atoms with E-state index >= 15 is 0 Å². The molecule has 1 aliphatic heterocycles. The zero-order valence-corrected chi connectivity index (χ0v) is 10.4. The third-order valence-electron chi connectivity index (χ3n) is 2.88. The first-order valence-corrected chi connectivity index (χ1v) is 6.02. The van der Waals surface area contributed by atoms with Crippen LogP contribution in [0.2, 0.25) is 0 Å². The van der Waals surface area contributed by atoms with Gasteiger partial charge < -0.3 is 10.6 Å². The van der Waals surface area contributed by atoms with E-state index in [0.29, 0.717) is 5.84 Å². The molecule has 1 aliphatic rings. The molecule has 0 atom stereocenters. The van der Waals surface area contributed by atoms with Gasteiger partial charge in [0.15, 0.2) is 0 Å². The van der Waals surface area contributed by atoms with Crippen LogP contribution in [0, 0.1) is 11.3 Å². The number of nitrogens with zero attached hydrogens (tertiary/aromatic N) is 3. The molecule has 1 aromatic rings. The summed E-state index contributed by atoms with van der Waals surface area (Å²) < 4.78 is 0.913. The number of anilines is 1. The maximum atomic E-state index is 7.43. The fraction of sp³-hybridized carbons (Fsp3) is 0.500. The Morgan fingerprint density at radius 1 is 1.50 bits per heavy atom. The van der Waals surface area contributed by atoms with Crippen LogP contribution in [0.3, 0.4) is 0 Å². The Hall–Kier alpha value is -1.17. The first kappa shape index (κ1) is 11.3. The predicted molar refractivity (Wildman–Crippen MR) is 66.6 cm³/mol. The number of rotatable bonds is 2. The monoisotopic (exact) mass is 283 g/mol. The van der Waals surface area contributed by atoms with E-state index in [2.05, 4.69) is 30.8 Å². The summed E-state index contributed by atoms with van der Waals surface area (Å²) in [4.78, 5) is 10.4. The van der Waals surface area contributed by atoms with Crippen LogP contribution in [0.25, 0.3) is 0 Å². The number of nitrogens with two attached hydrogens (primary N) is 1. The van der Waals surface area contributed by atoms with Crippen molar-refractivity contribution in [3.8, 4) is 0 Å². The van der Waals surface area contributed by atoms with Gasteiger partial charge in [-0.3, -0.25) is 5.41 Å². The lowest BCUT2D eigenvalue weighted by Gasteiger charge is -2.32. The molecule has 1 fully saturated rings. The maximum absolute atomic E-state index is 7.43. The molecule has 0 aromatic carbocycles. The molecule has 0 spiro atoms. The van der Waals surface area contributed by atoms with Crippen molar-refractivity contribution in [1.29, 1.82) is 5.41 Å². The lowest BCUT2D eigenvalue weighted by Crippen LogP contribution is -2.38. The van der Waals surface area contributed by atoms with E-state index in [1.54, 1.807) is 12.5 Å². The van der Waals surface area contributed by atoms with Gasteiger partial charge in [0.2, 0.25) is 0 Å². The summed E-state index contributed by atoms with van der Waals surface area (Å²) in [5, 5.41) is 7.43. The van der Waals surface area contributed by atoms with Crippen molar-refractivity contribution in [3.05, 3.63) is 17.0 Å². The highest BCUT2D eigenvalue weighted by Gasteiger charge is 2.22. The van der Waals surface area contributed by atoms with Gasteiger partial charge >= 0.3 is 0 Å². The molecule has 2 rings (SSSR count). The molecule has 1 saturated heterocycles. The number of piperidine rings is 1. The molecule has 0 aliphatic carbocycles. The largest absolute Gasteiger partial charge is 0.387 e. The minimum Gasteiger partial charge on any atom is -0.387 e. The topological polar surface area (TPSA) is 78.9 Å². The molecule has 3 N–H and O–H groups in total. The van der Waals surface area contributed by atoms with Crippen molar-refractivity contribution in [1.82, 2.24) is 9.97 Å². The minimum absolute atomic E-state index is 0.233. The average Bonchev–Trinajstić information content (AvgIpc) is 2.30. The summed E-state index contributed by atoms with van der Waals surface area (Å²) in [6.45, 7) is 1.78. The van der Waals surface area contributed by atoms with E-state index < -0.39 is 0 Å². The lowest BCUT2D eigenvalue weighted by molar-refractivity contribution is 0.494. The first-order chi connectivity index (χ1) is 7.68. The SMILES string of the molecule is N=C(N)C1CCN(c2ncncc2Br)CC1. The molecule has 0 radical (unpaired) electrons. The maximum Gasteiger partial charge on any atom is 0.146 e. The van der Waals surface area contributed by atoms with Crippen LogP contribution in [-0.4, -0.2) is 28.9 Å². The van der Waals surface area contributed by atoms with E-state index in [9.17, 15) is 0 Å². The van der Waals surface area contributed by atoms with Crippen LogP contribution >= 0.6 is 15.9 Å². The molecular formula is C10H14BrN5. The van der Waals surface area contributed by atoms with Crippen LogP contribution in [0.15, 0.2) is 17.0 Å². The highest BCUT2D eigenvalue weighted by Crippen LogP contribution is 2.26. The zero-order chi connectivity index (χ0) is 11.5. The molecular weight excluding hydrogens is 270 g/mol. The number of hydrogen-bond acceptors (Lipinski definition) is 4. The smallest absolute Gasteiger partial charge is 0.146 e. The van der Waals surface area contributed by atoms with Gasteiger partial charge in [0, 0.05) is 25.2 Å². The molecule has 2 heterocycles. The van der Waals surface area contributed by atoms with Gasteiger partial charge in [0.1, 0.15) is 12.1 Å². The van der Waals surface area contributed by atoms with Crippen LogP contribution in [0.4, 0.5) is 5.82 Å². The molecule has 0 saturated carbocycles. The van der Waals surface area contributed by atoms with E-state index in [1.807, 2.05) is 0 Å². The second kappa shape index (κ2) is 4.78. The Bertz CT molecular complexity index is 387. The molecule has 1 aromatic heterocycles. The number of amidine groups is 1. The summed E-state index contributed by atoms with van der Waals surface area (Å²) in [6, 6.07) is 0. The Morgan fingerprint density at radius 2 is 2.19 bits per heavy atom. The van der Waals surface area contributed by atoms with E-state index in [0.717, 1.165) is 36.2 Å². The number of hydrogen-bond donors (Lipinski definition) is 2. The highest BCUT2D eigenvalue weighted by atomic mass is 79.9. The molecule has 0 bridgehead atoms. The van der Waals surface area contributed by atoms with Crippen LogP contribution < -0.4 is 10.6 Å². The van der Waals surface area contributed by atoms with Crippen molar-refractivity contribution in [2.24, 2.45) is 11.7 Å². The lowest BCUT2D eigenvalue weighted by atomic mass is 9.96. The van der Waals surface area contributed by atoms with Gasteiger partial charge in [-0.25, -0.2) is 9.97 Å². The summed E-state index contributed by atoms with van der Waals surface area (Å²) in [5.41, 5.74) is 5.51. The molecule has 16 heavy (non-hydrogen) atoms. The minimum atomic E-state index is 0.233. The highest BCUT2D eigenvalue weighted by molar-refractivity contribution is 9.10. The second-order valence-corrected chi connectivity index (χ2v) is 4.77. The number of nitrogens with one attached hydrogen (secondary N) is 1. The fourth-order valence-electron chi connectivity index (χ4n) is 1.94. The second-order valence-electron chi connectivity index (χ2n) is 3.91. The quantitative estimate of drug-likeness (QED) is 0.635. The van der Waals surface area contributed by atoms with Crippen LogP contribution in [0.1, 0.15) is 12.8 Å². The van der Waals surface area contributed by atoms with Crippen LogP contribution in [-0.2, 0) is 0 Å². The molecule has 0 amide bonds. The Labute approximate surface area is 103 Å². The normalized spacial score (nSPS) is 17.4. The predicted octanol–water partition coefficient (Wildman–Crippen LogP) is 1.39.